The maximum absolute atomic E-state index is 4.21. The molecule has 0 N–H and O–H groups in total. The Morgan fingerprint density at radius 2 is 1.43 bits per heavy atom. The number of aryl methyl sites for hydroxylation is 1. The molecular weight excluding hydrogens is 340 g/mol. The second-order valence-corrected chi connectivity index (χ2v) is 8.04. The van der Waals surface area contributed by atoms with Gasteiger partial charge in [-0.05, 0) is 66.2 Å². The van der Waals surface area contributed by atoms with Crippen molar-refractivity contribution in [3.63, 3.8) is 0 Å². The fraction of sp³-hybridized carbons (Fsp3) is 0.385. The largest absolute Gasteiger partial charge is 0.159 e. The molecule has 0 aromatic heterocycles. The van der Waals surface area contributed by atoms with Gasteiger partial charge in [0, 0.05) is 0 Å². The Labute approximate surface area is 170 Å². The van der Waals surface area contributed by atoms with Crippen LogP contribution in [0, 0.1) is 5.92 Å². The lowest BCUT2D eigenvalue weighted by molar-refractivity contribution is 0.348. The number of unbranched alkanes of at least 4 members (excludes halogenated alkanes) is 1. The topological polar surface area (TPSA) is 24.7 Å². The van der Waals surface area contributed by atoms with Crippen LogP contribution in [0.3, 0.4) is 0 Å². The molecule has 0 unspecified atom stereocenters. The summed E-state index contributed by atoms with van der Waals surface area (Å²) < 4.78 is 0. The molecule has 0 atom stereocenters. The van der Waals surface area contributed by atoms with Crippen molar-refractivity contribution in [1.82, 2.24) is 0 Å². The third-order valence-corrected chi connectivity index (χ3v) is 5.76. The Morgan fingerprint density at radius 1 is 0.857 bits per heavy atom. The van der Waals surface area contributed by atoms with E-state index in [2.05, 4.69) is 72.2 Å². The SMILES string of the molecule is C=CCCCc1ccc(/C=N/N=C/c2ccc(C3CCC(C)CC3)cc2)cc1. The maximum atomic E-state index is 4.21. The fourth-order valence-corrected chi connectivity index (χ4v) is 3.87. The Morgan fingerprint density at radius 3 is 2.00 bits per heavy atom. The Balaban J connectivity index is 1.49. The highest BCUT2D eigenvalue weighted by Gasteiger charge is 2.19. The number of hydrogen-bond donors (Lipinski definition) is 0. The van der Waals surface area contributed by atoms with E-state index in [9.17, 15) is 0 Å². The van der Waals surface area contributed by atoms with Crippen molar-refractivity contribution in [2.75, 3.05) is 0 Å². The van der Waals surface area contributed by atoms with Gasteiger partial charge in [-0.15, -0.1) is 6.58 Å². The van der Waals surface area contributed by atoms with E-state index in [1.54, 1.807) is 0 Å². The van der Waals surface area contributed by atoms with E-state index in [1.807, 2.05) is 18.5 Å². The zero-order valence-corrected chi connectivity index (χ0v) is 17.1. The Kier molecular flexibility index (Phi) is 7.78. The van der Waals surface area contributed by atoms with E-state index >= 15 is 0 Å². The van der Waals surface area contributed by atoms with Gasteiger partial charge in [0.1, 0.15) is 0 Å². The highest BCUT2D eigenvalue weighted by Crippen LogP contribution is 2.35. The molecular formula is C26H32N2. The van der Waals surface area contributed by atoms with Crippen molar-refractivity contribution < 1.29 is 0 Å². The molecule has 1 saturated carbocycles. The van der Waals surface area contributed by atoms with Crippen LogP contribution in [-0.2, 0) is 6.42 Å². The van der Waals surface area contributed by atoms with Crippen LogP contribution < -0.4 is 0 Å². The molecule has 0 spiro atoms. The first-order chi connectivity index (χ1) is 13.7. The lowest BCUT2D eigenvalue weighted by Gasteiger charge is -2.26. The van der Waals surface area contributed by atoms with E-state index in [0.29, 0.717) is 0 Å². The molecule has 3 rings (SSSR count). The second-order valence-electron chi connectivity index (χ2n) is 8.04. The number of nitrogens with zero attached hydrogens (tertiary/aromatic N) is 2. The lowest BCUT2D eigenvalue weighted by atomic mass is 9.79. The monoisotopic (exact) mass is 372 g/mol. The van der Waals surface area contributed by atoms with E-state index < -0.39 is 0 Å². The van der Waals surface area contributed by atoms with Crippen LogP contribution in [-0.4, -0.2) is 12.4 Å². The second kappa shape index (κ2) is 10.8. The van der Waals surface area contributed by atoms with Gasteiger partial charge in [0.15, 0.2) is 0 Å². The molecule has 0 aliphatic heterocycles. The third kappa shape index (κ3) is 6.30. The Hall–Kier alpha value is -2.48. The van der Waals surface area contributed by atoms with Gasteiger partial charge >= 0.3 is 0 Å². The van der Waals surface area contributed by atoms with Crippen LogP contribution in [0.15, 0.2) is 71.4 Å². The van der Waals surface area contributed by atoms with E-state index in [4.69, 9.17) is 0 Å². The van der Waals surface area contributed by atoms with Crippen molar-refractivity contribution in [2.24, 2.45) is 16.1 Å². The van der Waals surface area contributed by atoms with Gasteiger partial charge in [-0.1, -0.05) is 74.4 Å². The minimum absolute atomic E-state index is 0.736. The molecule has 2 heteroatoms. The number of benzene rings is 2. The van der Waals surface area contributed by atoms with Crippen LogP contribution in [0.4, 0.5) is 0 Å². The summed E-state index contributed by atoms with van der Waals surface area (Å²) in [5, 5.41) is 8.40. The molecule has 1 aliphatic carbocycles. The predicted octanol–water partition coefficient (Wildman–Crippen LogP) is 6.94. The summed E-state index contributed by atoms with van der Waals surface area (Å²) in [6.07, 6.45) is 14.3. The third-order valence-electron chi connectivity index (χ3n) is 5.76. The van der Waals surface area contributed by atoms with Gasteiger partial charge in [0.2, 0.25) is 0 Å². The highest BCUT2D eigenvalue weighted by molar-refractivity contribution is 5.82. The molecule has 1 fully saturated rings. The number of rotatable bonds is 8. The van der Waals surface area contributed by atoms with E-state index in [-0.39, 0.29) is 0 Å². The molecule has 0 bridgehead atoms. The predicted molar refractivity (Wildman–Crippen MR) is 122 cm³/mol. The van der Waals surface area contributed by atoms with Crippen LogP contribution in [0.1, 0.15) is 73.6 Å². The first-order valence-electron chi connectivity index (χ1n) is 10.6. The molecule has 0 amide bonds. The molecule has 2 aromatic rings. The summed E-state index contributed by atoms with van der Waals surface area (Å²) >= 11 is 0. The van der Waals surface area contributed by atoms with Gasteiger partial charge in [-0.2, -0.15) is 10.2 Å². The zero-order chi connectivity index (χ0) is 19.6. The van der Waals surface area contributed by atoms with Gasteiger partial charge in [-0.3, -0.25) is 0 Å². The summed E-state index contributed by atoms with van der Waals surface area (Å²) in [6.45, 7) is 6.14. The lowest BCUT2D eigenvalue weighted by Crippen LogP contribution is -2.10. The summed E-state index contributed by atoms with van der Waals surface area (Å²) in [5.41, 5.74) is 5.00. The zero-order valence-electron chi connectivity index (χ0n) is 17.1. The molecule has 146 valence electrons. The average molecular weight is 373 g/mol. The quantitative estimate of drug-likeness (QED) is 0.207. The minimum atomic E-state index is 0.736. The number of allylic oxidation sites excluding steroid dienone is 1. The van der Waals surface area contributed by atoms with Crippen LogP contribution >= 0.6 is 0 Å². The van der Waals surface area contributed by atoms with Crippen LogP contribution in [0.5, 0.6) is 0 Å². The normalized spacial score (nSPS) is 20.0. The molecule has 2 nitrogen and oxygen atoms in total. The van der Waals surface area contributed by atoms with Crippen molar-refractivity contribution in [2.45, 2.75) is 57.8 Å². The Bertz CT molecular complexity index is 776. The van der Waals surface area contributed by atoms with E-state index in [1.165, 1.54) is 36.8 Å². The molecule has 2 aromatic carbocycles. The van der Waals surface area contributed by atoms with Gasteiger partial charge in [0.05, 0.1) is 12.4 Å². The molecule has 28 heavy (non-hydrogen) atoms. The van der Waals surface area contributed by atoms with Crippen LogP contribution in [0.25, 0.3) is 0 Å². The van der Waals surface area contributed by atoms with Crippen molar-refractivity contribution >= 4 is 12.4 Å². The van der Waals surface area contributed by atoms with Crippen molar-refractivity contribution in [1.29, 1.82) is 0 Å². The number of hydrogen-bond acceptors (Lipinski definition) is 2. The summed E-state index contributed by atoms with van der Waals surface area (Å²) in [6, 6.07) is 17.4. The summed E-state index contributed by atoms with van der Waals surface area (Å²) in [4.78, 5) is 0. The summed E-state index contributed by atoms with van der Waals surface area (Å²) in [7, 11) is 0. The first kappa shape index (κ1) is 20.3. The first-order valence-corrected chi connectivity index (χ1v) is 10.6. The van der Waals surface area contributed by atoms with Gasteiger partial charge in [0.25, 0.3) is 0 Å². The van der Waals surface area contributed by atoms with Gasteiger partial charge in [-0.25, -0.2) is 0 Å². The van der Waals surface area contributed by atoms with Crippen LogP contribution in [0.2, 0.25) is 0 Å². The summed E-state index contributed by atoms with van der Waals surface area (Å²) in [5.74, 6) is 1.63. The van der Waals surface area contributed by atoms with Crippen molar-refractivity contribution in [3.8, 4) is 0 Å². The van der Waals surface area contributed by atoms with Gasteiger partial charge < -0.3 is 0 Å². The van der Waals surface area contributed by atoms with E-state index in [0.717, 1.165) is 42.2 Å². The van der Waals surface area contributed by atoms with Crippen molar-refractivity contribution in [3.05, 3.63) is 83.4 Å². The highest BCUT2D eigenvalue weighted by atomic mass is 15.2. The standard InChI is InChI=1S/C26H32N2/c1-3-4-5-6-22-9-11-23(12-10-22)19-27-28-20-24-13-17-26(18-14-24)25-15-7-21(2)8-16-25/h3,9-14,17-21,25H,1,4-8,15-16H2,2H3/b27-19+,28-20+. The minimum Gasteiger partial charge on any atom is -0.159 e. The fourth-order valence-electron chi connectivity index (χ4n) is 3.87. The molecule has 0 saturated heterocycles. The average Bonchev–Trinajstić information content (AvgIpc) is 2.73. The molecule has 1 aliphatic rings. The molecule has 0 heterocycles. The molecule has 0 radical (unpaired) electrons. The maximum Gasteiger partial charge on any atom is 0.0568 e. The smallest absolute Gasteiger partial charge is 0.0568 e.